The van der Waals surface area contributed by atoms with Crippen LogP contribution in [0.15, 0.2) is 24.3 Å². The molecule has 0 aliphatic heterocycles. The van der Waals surface area contributed by atoms with Gasteiger partial charge in [-0.2, -0.15) is 0 Å². The lowest BCUT2D eigenvalue weighted by molar-refractivity contribution is 0.0391. The summed E-state index contributed by atoms with van der Waals surface area (Å²) >= 11 is 0. The quantitative estimate of drug-likeness (QED) is 0.798. The fraction of sp³-hybridized carbons (Fsp3) is 0.538. The summed E-state index contributed by atoms with van der Waals surface area (Å²) in [5.41, 5.74) is 0.769. The van der Waals surface area contributed by atoms with E-state index in [4.69, 9.17) is 5.11 Å². The van der Waals surface area contributed by atoms with Gasteiger partial charge in [-0.3, -0.25) is 0 Å². The van der Waals surface area contributed by atoms with Crippen molar-refractivity contribution in [2.75, 3.05) is 0 Å². The molecule has 2 heteroatoms. The second-order valence-electron chi connectivity index (χ2n) is 4.60. The van der Waals surface area contributed by atoms with Crippen molar-refractivity contribution >= 4 is 0 Å². The van der Waals surface area contributed by atoms with Gasteiger partial charge >= 0.3 is 0 Å². The number of hydrogen-bond acceptors (Lipinski definition) is 2. The minimum Gasteiger partial charge on any atom is -0.508 e. The summed E-state index contributed by atoms with van der Waals surface area (Å²) in [6.07, 6.45) is 5.96. The molecule has 1 fully saturated rings. The first-order valence-corrected chi connectivity index (χ1v) is 5.68. The third-order valence-corrected chi connectivity index (χ3v) is 3.35. The molecule has 1 saturated carbocycles. The number of aliphatic hydroxyl groups is 1. The van der Waals surface area contributed by atoms with Crippen molar-refractivity contribution in [2.24, 2.45) is 0 Å². The number of aryl methyl sites for hydroxylation is 1. The molecule has 0 aromatic heterocycles. The fourth-order valence-corrected chi connectivity index (χ4v) is 2.32. The molecule has 0 bridgehead atoms. The van der Waals surface area contributed by atoms with E-state index in [-0.39, 0.29) is 0 Å². The van der Waals surface area contributed by atoms with E-state index in [2.05, 4.69) is 0 Å². The molecule has 0 atom stereocenters. The van der Waals surface area contributed by atoms with Crippen LogP contribution in [0.4, 0.5) is 0 Å². The van der Waals surface area contributed by atoms with E-state index in [9.17, 15) is 5.11 Å². The predicted molar refractivity (Wildman–Crippen MR) is 59.8 cm³/mol. The Balaban J connectivity index is 1.90. The van der Waals surface area contributed by atoms with Crippen LogP contribution in [0, 0.1) is 0 Å². The van der Waals surface area contributed by atoms with Crippen LogP contribution in [0.2, 0.25) is 0 Å². The van der Waals surface area contributed by atoms with E-state index in [1.54, 1.807) is 12.1 Å². The van der Waals surface area contributed by atoms with Gasteiger partial charge in [0.25, 0.3) is 0 Å². The summed E-state index contributed by atoms with van der Waals surface area (Å²) in [4.78, 5) is 0. The van der Waals surface area contributed by atoms with Gasteiger partial charge in [0.1, 0.15) is 5.75 Å². The highest BCUT2D eigenvalue weighted by Gasteiger charge is 2.30. The van der Waals surface area contributed by atoms with E-state index in [1.165, 1.54) is 5.56 Å². The lowest BCUT2D eigenvalue weighted by atomic mass is 9.93. The highest BCUT2D eigenvalue weighted by molar-refractivity contribution is 5.26. The van der Waals surface area contributed by atoms with Crippen LogP contribution in [-0.4, -0.2) is 15.8 Å². The Morgan fingerprint density at radius 1 is 1.07 bits per heavy atom. The molecular formula is C13H18O2. The Bertz CT molecular complexity index is 310. The molecule has 15 heavy (non-hydrogen) atoms. The normalized spacial score (nSPS) is 19.3. The van der Waals surface area contributed by atoms with Gasteiger partial charge in [-0.1, -0.05) is 25.0 Å². The van der Waals surface area contributed by atoms with Gasteiger partial charge in [0, 0.05) is 0 Å². The molecule has 1 aliphatic rings. The maximum atomic E-state index is 10.2. The van der Waals surface area contributed by atoms with Gasteiger partial charge in [-0.15, -0.1) is 0 Å². The average Bonchev–Trinajstić information content (AvgIpc) is 2.65. The van der Waals surface area contributed by atoms with Gasteiger partial charge in [0.2, 0.25) is 0 Å². The van der Waals surface area contributed by atoms with Crippen LogP contribution < -0.4 is 0 Å². The monoisotopic (exact) mass is 206 g/mol. The lowest BCUT2D eigenvalue weighted by Gasteiger charge is -2.21. The van der Waals surface area contributed by atoms with Crippen LogP contribution >= 0.6 is 0 Å². The molecule has 0 radical (unpaired) electrons. The number of benzene rings is 1. The van der Waals surface area contributed by atoms with Gasteiger partial charge in [-0.05, 0) is 43.4 Å². The van der Waals surface area contributed by atoms with Crippen LogP contribution in [-0.2, 0) is 6.42 Å². The van der Waals surface area contributed by atoms with E-state index in [1.807, 2.05) is 12.1 Å². The molecule has 0 unspecified atom stereocenters. The third kappa shape index (κ3) is 2.72. The second kappa shape index (κ2) is 4.23. The molecule has 1 aromatic rings. The summed E-state index contributed by atoms with van der Waals surface area (Å²) in [6.45, 7) is 0. The summed E-state index contributed by atoms with van der Waals surface area (Å²) in [5, 5.41) is 19.3. The zero-order chi connectivity index (χ0) is 10.7. The van der Waals surface area contributed by atoms with Crippen LogP contribution in [0.1, 0.15) is 37.7 Å². The number of rotatable bonds is 3. The zero-order valence-electron chi connectivity index (χ0n) is 8.95. The van der Waals surface area contributed by atoms with Crippen molar-refractivity contribution in [3.05, 3.63) is 29.8 Å². The first kappa shape index (κ1) is 10.5. The number of phenolic OH excluding ortho intramolecular Hbond substituents is 1. The molecule has 0 heterocycles. The molecular weight excluding hydrogens is 188 g/mol. The summed E-state index contributed by atoms with van der Waals surface area (Å²) in [6, 6.07) is 7.25. The van der Waals surface area contributed by atoms with Crippen LogP contribution in [0.5, 0.6) is 5.75 Å². The van der Waals surface area contributed by atoms with Crippen molar-refractivity contribution in [1.82, 2.24) is 0 Å². The molecule has 2 N–H and O–H groups in total. The highest BCUT2D eigenvalue weighted by atomic mass is 16.3. The average molecular weight is 206 g/mol. The standard InChI is InChI=1S/C13H18O2/c14-12-5-3-11(4-6-12)7-10-13(15)8-1-2-9-13/h3-6,14-15H,1-2,7-10H2. The Morgan fingerprint density at radius 2 is 1.67 bits per heavy atom. The van der Waals surface area contributed by atoms with Crippen molar-refractivity contribution in [3.8, 4) is 5.75 Å². The van der Waals surface area contributed by atoms with Crippen molar-refractivity contribution < 1.29 is 10.2 Å². The summed E-state index contributed by atoms with van der Waals surface area (Å²) in [7, 11) is 0. The SMILES string of the molecule is Oc1ccc(CCC2(O)CCCC2)cc1. The highest BCUT2D eigenvalue weighted by Crippen LogP contribution is 2.33. The Hall–Kier alpha value is -1.02. The molecule has 2 nitrogen and oxygen atoms in total. The van der Waals surface area contributed by atoms with Crippen LogP contribution in [0.3, 0.4) is 0 Å². The van der Waals surface area contributed by atoms with E-state index in [0.717, 1.165) is 38.5 Å². The third-order valence-electron chi connectivity index (χ3n) is 3.35. The first-order chi connectivity index (χ1) is 7.18. The maximum Gasteiger partial charge on any atom is 0.115 e. The van der Waals surface area contributed by atoms with Crippen molar-refractivity contribution in [1.29, 1.82) is 0 Å². The van der Waals surface area contributed by atoms with E-state index in [0.29, 0.717) is 5.75 Å². The zero-order valence-corrected chi connectivity index (χ0v) is 8.95. The molecule has 0 saturated heterocycles. The number of aromatic hydroxyl groups is 1. The summed E-state index contributed by atoms with van der Waals surface area (Å²) in [5.74, 6) is 0.304. The number of hydrogen-bond donors (Lipinski definition) is 2. The molecule has 1 aliphatic carbocycles. The fourth-order valence-electron chi connectivity index (χ4n) is 2.32. The summed E-state index contributed by atoms with van der Waals surface area (Å²) < 4.78 is 0. The van der Waals surface area contributed by atoms with Crippen molar-refractivity contribution in [3.63, 3.8) is 0 Å². The largest absolute Gasteiger partial charge is 0.508 e. The molecule has 82 valence electrons. The first-order valence-electron chi connectivity index (χ1n) is 5.68. The minimum absolute atomic E-state index is 0.304. The van der Waals surface area contributed by atoms with Gasteiger partial charge in [-0.25, -0.2) is 0 Å². The smallest absolute Gasteiger partial charge is 0.115 e. The second-order valence-corrected chi connectivity index (χ2v) is 4.60. The molecule has 0 amide bonds. The van der Waals surface area contributed by atoms with Gasteiger partial charge in [0.15, 0.2) is 0 Å². The van der Waals surface area contributed by atoms with E-state index < -0.39 is 5.60 Å². The molecule has 2 rings (SSSR count). The molecule has 0 spiro atoms. The lowest BCUT2D eigenvalue weighted by Crippen LogP contribution is -2.24. The Labute approximate surface area is 90.6 Å². The molecule has 1 aromatic carbocycles. The van der Waals surface area contributed by atoms with Crippen LogP contribution in [0.25, 0.3) is 0 Å². The number of phenols is 1. The Kier molecular flexibility index (Phi) is 2.96. The maximum absolute atomic E-state index is 10.2. The van der Waals surface area contributed by atoms with Gasteiger partial charge < -0.3 is 10.2 Å². The minimum atomic E-state index is -0.419. The van der Waals surface area contributed by atoms with Gasteiger partial charge in [0.05, 0.1) is 5.60 Å². The Morgan fingerprint density at radius 3 is 2.27 bits per heavy atom. The topological polar surface area (TPSA) is 40.5 Å². The van der Waals surface area contributed by atoms with Crippen molar-refractivity contribution in [2.45, 2.75) is 44.1 Å². The van der Waals surface area contributed by atoms with E-state index >= 15 is 0 Å². The predicted octanol–water partition coefficient (Wildman–Crippen LogP) is 2.63.